The molecular formula is C24H33N5O3S2. The lowest BCUT2D eigenvalue weighted by molar-refractivity contribution is -0.122. The Morgan fingerprint density at radius 1 is 1.18 bits per heavy atom. The van der Waals surface area contributed by atoms with Gasteiger partial charge < -0.3 is 14.5 Å². The largest absolute Gasteiger partial charge is 0.385 e. The van der Waals surface area contributed by atoms with Crippen molar-refractivity contribution >= 4 is 46.1 Å². The van der Waals surface area contributed by atoms with Crippen LogP contribution in [0.15, 0.2) is 9.70 Å². The number of rotatable bonds is 9. The summed E-state index contributed by atoms with van der Waals surface area (Å²) >= 11 is 6.75. The SMILES string of the molecule is CCCn1c(N2CCN(CC)CC2)c(/C=C2\SC(=S)N(CCCOC)C2=O)c(C)c(C#N)c1=O. The molecule has 1 aromatic rings. The van der Waals surface area contributed by atoms with E-state index in [1.165, 1.54) is 11.8 Å². The molecule has 3 heterocycles. The van der Waals surface area contributed by atoms with E-state index in [1.807, 2.05) is 13.0 Å². The Labute approximate surface area is 211 Å². The van der Waals surface area contributed by atoms with Crippen molar-refractivity contribution in [2.75, 3.05) is 57.9 Å². The summed E-state index contributed by atoms with van der Waals surface area (Å²) in [5.41, 5.74) is 1.23. The number of aromatic nitrogens is 1. The van der Waals surface area contributed by atoms with Crippen LogP contribution >= 0.6 is 24.0 Å². The number of amides is 1. The molecule has 1 amide bonds. The van der Waals surface area contributed by atoms with Gasteiger partial charge in [-0.3, -0.25) is 19.1 Å². The summed E-state index contributed by atoms with van der Waals surface area (Å²) in [7, 11) is 1.63. The maximum Gasteiger partial charge on any atom is 0.270 e. The number of hydrogen-bond donors (Lipinski definition) is 0. The third-order valence-electron chi connectivity index (χ3n) is 6.29. The first-order chi connectivity index (χ1) is 16.4. The summed E-state index contributed by atoms with van der Waals surface area (Å²) in [5, 5.41) is 9.78. The zero-order chi connectivity index (χ0) is 24.8. The zero-order valence-corrected chi connectivity index (χ0v) is 22.1. The van der Waals surface area contributed by atoms with Crippen molar-refractivity contribution in [2.45, 2.75) is 40.2 Å². The smallest absolute Gasteiger partial charge is 0.270 e. The number of carbonyl (C=O) groups is 1. The van der Waals surface area contributed by atoms with Crippen LogP contribution in [0.3, 0.4) is 0 Å². The molecule has 0 aromatic carbocycles. The molecule has 10 heteroatoms. The van der Waals surface area contributed by atoms with Gasteiger partial charge in [-0.2, -0.15) is 5.26 Å². The van der Waals surface area contributed by atoms with E-state index in [-0.39, 0.29) is 17.0 Å². The van der Waals surface area contributed by atoms with Crippen molar-refractivity contribution < 1.29 is 9.53 Å². The number of thiocarbonyl (C=S) groups is 1. The molecule has 0 aliphatic carbocycles. The van der Waals surface area contributed by atoms with Gasteiger partial charge in [0.15, 0.2) is 0 Å². The Kier molecular flexibility index (Phi) is 9.31. The lowest BCUT2D eigenvalue weighted by Crippen LogP contribution is -2.48. The lowest BCUT2D eigenvalue weighted by atomic mass is 10.0. The highest BCUT2D eigenvalue weighted by molar-refractivity contribution is 8.26. The van der Waals surface area contributed by atoms with E-state index in [0.29, 0.717) is 40.9 Å². The third kappa shape index (κ3) is 5.38. The minimum Gasteiger partial charge on any atom is -0.385 e. The highest BCUT2D eigenvalue weighted by Gasteiger charge is 2.33. The van der Waals surface area contributed by atoms with E-state index in [1.54, 1.807) is 23.5 Å². The predicted octanol–water partition coefficient (Wildman–Crippen LogP) is 2.82. The second kappa shape index (κ2) is 12.0. The van der Waals surface area contributed by atoms with Gasteiger partial charge in [-0.1, -0.05) is 37.8 Å². The minimum absolute atomic E-state index is 0.131. The third-order valence-corrected chi connectivity index (χ3v) is 7.67. The second-order valence-corrected chi connectivity index (χ2v) is 10.1. The second-order valence-electron chi connectivity index (χ2n) is 8.41. The Balaban J connectivity index is 2.11. The van der Waals surface area contributed by atoms with E-state index in [9.17, 15) is 14.9 Å². The fourth-order valence-corrected chi connectivity index (χ4v) is 5.67. The molecule has 34 heavy (non-hydrogen) atoms. The summed E-state index contributed by atoms with van der Waals surface area (Å²) in [4.78, 5) is 33.2. The van der Waals surface area contributed by atoms with E-state index < -0.39 is 0 Å². The van der Waals surface area contributed by atoms with Gasteiger partial charge in [-0.15, -0.1) is 0 Å². The molecule has 0 saturated carbocycles. The molecule has 0 spiro atoms. The van der Waals surface area contributed by atoms with Crippen LogP contribution in [0.2, 0.25) is 0 Å². The number of carbonyl (C=O) groups excluding carboxylic acids is 1. The molecule has 2 aliphatic heterocycles. The lowest BCUT2D eigenvalue weighted by Gasteiger charge is -2.37. The van der Waals surface area contributed by atoms with Crippen LogP contribution in [0, 0.1) is 18.3 Å². The fourth-order valence-electron chi connectivity index (χ4n) is 4.38. The summed E-state index contributed by atoms with van der Waals surface area (Å²) in [6, 6.07) is 2.11. The Bertz CT molecular complexity index is 1070. The first kappa shape index (κ1) is 26.4. The molecule has 0 N–H and O–H groups in total. The van der Waals surface area contributed by atoms with Crippen LogP contribution in [-0.2, 0) is 16.1 Å². The van der Waals surface area contributed by atoms with Gasteiger partial charge in [-0.05, 0) is 37.9 Å². The molecule has 8 nitrogen and oxygen atoms in total. The maximum absolute atomic E-state index is 13.3. The van der Waals surface area contributed by atoms with Gasteiger partial charge >= 0.3 is 0 Å². The summed E-state index contributed by atoms with van der Waals surface area (Å²) in [6.45, 7) is 11.9. The minimum atomic E-state index is -0.265. The van der Waals surface area contributed by atoms with Gasteiger partial charge in [0.05, 0.1) is 4.91 Å². The van der Waals surface area contributed by atoms with Gasteiger partial charge in [0.25, 0.3) is 11.5 Å². The van der Waals surface area contributed by atoms with E-state index in [0.717, 1.165) is 50.5 Å². The maximum atomic E-state index is 13.3. The summed E-state index contributed by atoms with van der Waals surface area (Å²) < 4.78 is 7.35. The topological polar surface area (TPSA) is 81.8 Å². The van der Waals surface area contributed by atoms with Crippen molar-refractivity contribution in [1.29, 1.82) is 5.26 Å². The zero-order valence-electron chi connectivity index (χ0n) is 20.4. The van der Waals surface area contributed by atoms with E-state index in [4.69, 9.17) is 17.0 Å². The molecule has 1 aromatic heterocycles. The number of nitrogens with zero attached hydrogens (tertiary/aromatic N) is 5. The number of piperazine rings is 1. The number of likely N-dealkylation sites (N-methyl/N-ethyl adjacent to an activating group) is 1. The molecule has 2 fully saturated rings. The van der Waals surface area contributed by atoms with Crippen LogP contribution in [0.1, 0.15) is 43.4 Å². The quantitative estimate of drug-likeness (QED) is 0.289. The predicted molar refractivity (Wildman–Crippen MR) is 141 cm³/mol. The standard InChI is InChI=1S/C24H33N5O3S2/c1-5-8-28-21(27-12-10-26(6-2)11-13-27)18(17(3)19(16-25)22(28)30)15-20-23(31)29(24(33)34-20)9-7-14-32-4/h15H,5-14H2,1-4H3/b20-15-. The monoisotopic (exact) mass is 503 g/mol. The van der Waals surface area contributed by atoms with Crippen LogP contribution in [0.4, 0.5) is 5.82 Å². The first-order valence-electron chi connectivity index (χ1n) is 11.8. The van der Waals surface area contributed by atoms with Gasteiger partial charge in [0.1, 0.15) is 21.8 Å². The van der Waals surface area contributed by atoms with E-state index in [2.05, 4.69) is 22.8 Å². The Hall–Kier alpha value is -2.19. The van der Waals surface area contributed by atoms with E-state index >= 15 is 0 Å². The highest BCUT2D eigenvalue weighted by atomic mass is 32.2. The molecule has 184 valence electrons. The number of thioether (sulfide) groups is 1. The van der Waals surface area contributed by atoms with Gasteiger partial charge in [0.2, 0.25) is 0 Å². The number of ether oxygens (including phenoxy) is 1. The van der Waals surface area contributed by atoms with Crippen molar-refractivity contribution in [3.63, 3.8) is 0 Å². The normalized spacial score (nSPS) is 18.3. The van der Waals surface area contributed by atoms with Crippen LogP contribution in [-0.4, -0.2) is 77.6 Å². The van der Waals surface area contributed by atoms with Crippen LogP contribution in [0.25, 0.3) is 6.08 Å². The number of anilines is 1. The van der Waals surface area contributed by atoms with Crippen LogP contribution in [0.5, 0.6) is 0 Å². The van der Waals surface area contributed by atoms with Crippen LogP contribution < -0.4 is 10.5 Å². The van der Waals surface area contributed by atoms with Crippen molar-refractivity contribution in [2.24, 2.45) is 0 Å². The molecule has 0 radical (unpaired) electrons. The van der Waals surface area contributed by atoms with Crippen molar-refractivity contribution in [3.8, 4) is 6.07 Å². The molecule has 2 saturated heterocycles. The van der Waals surface area contributed by atoms with Gasteiger partial charge in [-0.25, -0.2) is 0 Å². The number of methoxy groups -OCH3 is 1. The molecule has 3 rings (SSSR count). The molecular weight excluding hydrogens is 470 g/mol. The molecule has 2 aliphatic rings. The highest BCUT2D eigenvalue weighted by Crippen LogP contribution is 2.36. The average Bonchev–Trinajstić information content (AvgIpc) is 3.10. The molecule has 0 atom stereocenters. The number of nitriles is 1. The Morgan fingerprint density at radius 2 is 1.88 bits per heavy atom. The number of hydrogen-bond acceptors (Lipinski definition) is 8. The average molecular weight is 504 g/mol. The summed E-state index contributed by atoms with van der Waals surface area (Å²) in [5.74, 6) is 0.655. The fraction of sp³-hybridized carbons (Fsp3) is 0.583. The molecule has 0 unspecified atom stereocenters. The Morgan fingerprint density at radius 3 is 2.47 bits per heavy atom. The molecule has 0 bridgehead atoms. The number of pyridine rings is 1. The van der Waals surface area contributed by atoms with Crippen molar-refractivity contribution in [1.82, 2.24) is 14.4 Å². The summed E-state index contributed by atoms with van der Waals surface area (Å²) in [6.07, 6.45) is 3.29. The first-order valence-corrected chi connectivity index (χ1v) is 13.0. The van der Waals surface area contributed by atoms with Crippen molar-refractivity contribution in [3.05, 3.63) is 31.9 Å². The van der Waals surface area contributed by atoms with Gasteiger partial charge in [0, 0.05) is 58.5 Å².